The summed E-state index contributed by atoms with van der Waals surface area (Å²) in [6.07, 6.45) is 3.85. The molecule has 1 aliphatic rings. The molecule has 5 heteroatoms. The third-order valence-electron chi connectivity index (χ3n) is 3.69. The number of ether oxygens (including phenoxy) is 1. The molecule has 0 aliphatic heterocycles. The number of nitrogens with one attached hydrogen (secondary N) is 1. The van der Waals surface area contributed by atoms with Crippen LogP contribution in [0.4, 0.5) is 0 Å². The van der Waals surface area contributed by atoms with Crippen LogP contribution in [0.15, 0.2) is 0 Å². The van der Waals surface area contributed by atoms with Crippen LogP contribution in [0.5, 0.6) is 0 Å². The van der Waals surface area contributed by atoms with Gasteiger partial charge in [0, 0.05) is 11.9 Å². The lowest BCUT2D eigenvalue weighted by Crippen LogP contribution is -2.54. The normalized spacial score (nSPS) is 29.9. The Morgan fingerprint density at radius 1 is 1.67 bits per heavy atom. The van der Waals surface area contributed by atoms with Crippen molar-refractivity contribution in [1.82, 2.24) is 5.32 Å². The van der Waals surface area contributed by atoms with Gasteiger partial charge in [-0.05, 0) is 44.4 Å². The minimum atomic E-state index is -0.507. The van der Waals surface area contributed by atoms with E-state index in [9.17, 15) is 4.79 Å². The topological polar surface area (TPSA) is 58.6 Å². The Labute approximate surface area is 114 Å². The molecule has 1 saturated carbocycles. The van der Waals surface area contributed by atoms with E-state index in [4.69, 9.17) is 9.84 Å². The number of carbonyl (C=O) groups is 1. The third kappa shape index (κ3) is 3.87. The number of aliphatic hydroxyl groups excluding tert-OH is 1. The molecule has 0 aromatic heterocycles. The maximum absolute atomic E-state index is 11.9. The lowest BCUT2D eigenvalue weighted by atomic mass is 9.81. The number of hydrogen-bond donors (Lipinski definition) is 2. The van der Waals surface area contributed by atoms with Gasteiger partial charge >= 0.3 is 5.97 Å². The molecule has 0 radical (unpaired) electrons. The summed E-state index contributed by atoms with van der Waals surface area (Å²) in [5, 5.41) is 12.7. The van der Waals surface area contributed by atoms with Gasteiger partial charge in [0.2, 0.25) is 0 Å². The van der Waals surface area contributed by atoms with Crippen molar-refractivity contribution < 1.29 is 14.6 Å². The van der Waals surface area contributed by atoms with Gasteiger partial charge in [-0.2, -0.15) is 11.8 Å². The summed E-state index contributed by atoms with van der Waals surface area (Å²) in [6.45, 7) is 2.27. The number of aliphatic hydroxyl groups is 1. The highest BCUT2D eigenvalue weighted by atomic mass is 32.2. The number of hydrogen-bond acceptors (Lipinski definition) is 5. The Kier molecular flexibility index (Phi) is 6.46. The molecule has 0 amide bonds. The first-order valence-electron chi connectivity index (χ1n) is 6.57. The number of likely N-dealkylation sites (N-methyl/N-ethyl adjacent to an activating group) is 1. The fraction of sp³-hybridized carbons (Fsp3) is 0.923. The summed E-state index contributed by atoms with van der Waals surface area (Å²) in [5.41, 5.74) is -0.507. The molecule has 0 aromatic carbocycles. The number of methoxy groups -OCH3 is 1. The van der Waals surface area contributed by atoms with Crippen LogP contribution in [0.25, 0.3) is 0 Å². The Morgan fingerprint density at radius 2 is 2.39 bits per heavy atom. The van der Waals surface area contributed by atoms with Gasteiger partial charge in [-0.3, -0.25) is 4.79 Å². The van der Waals surface area contributed by atoms with E-state index in [-0.39, 0.29) is 12.6 Å². The van der Waals surface area contributed by atoms with Crippen LogP contribution < -0.4 is 5.32 Å². The van der Waals surface area contributed by atoms with Crippen molar-refractivity contribution in [1.29, 1.82) is 0 Å². The van der Waals surface area contributed by atoms with E-state index in [0.717, 1.165) is 31.4 Å². The van der Waals surface area contributed by atoms with Crippen molar-refractivity contribution in [3.05, 3.63) is 0 Å². The standard InChI is InChI=1S/C13H25NO3S/c1-10(8-15)9-18-11-5-4-6-13(7-11,14-2)12(16)17-3/h10-11,14-15H,4-9H2,1-3H3. The average molecular weight is 275 g/mol. The number of rotatable bonds is 6. The molecule has 0 heterocycles. The molecule has 0 saturated heterocycles. The predicted octanol–water partition coefficient (Wildman–Crippen LogP) is 1.42. The van der Waals surface area contributed by atoms with Crippen LogP contribution in [0, 0.1) is 5.92 Å². The maximum Gasteiger partial charge on any atom is 0.326 e. The van der Waals surface area contributed by atoms with E-state index in [1.807, 2.05) is 25.7 Å². The highest BCUT2D eigenvalue weighted by Crippen LogP contribution is 2.36. The first-order valence-corrected chi connectivity index (χ1v) is 7.62. The van der Waals surface area contributed by atoms with E-state index in [1.165, 1.54) is 7.11 Å². The van der Waals surface area contributed by atoms with Crippen molar-refractivity contribution in [3.63, 3.8) is 0 Å². The maximum atomic E-state index is 11.9. The SMILES string of the molecule is CNC1(C(=O)OC)CCCC(SCC(C)CO)C1. The molecular weight excluding hydrogens is 250 g/mol. The predicted molar refractivity (Wildman–Crippen MR) is 74.8 cm³/mol. The summed E-state index contributed by atoms with van der Waals surface area (Å²) in [7, 11) is 3.28. The van der Waals surface area contributed by atoms with Gasteiger partial charge in [0.1, 0.15) is 5.54 Å². The Balaban J connectivity index is 2.56. The van der Waals surface area contributed by atoms with Crippen LogP contribution in [-0.4, -0.2) is 48.4 Å². The monoisotopic (exact) mass is 275 g/mol. The van der Waals surface area contributed by atoms with Gasteiger partial charge in [0.05, 0.1) is 7.11 Å². The van der Waals surface area contributed by atoms with Crippen molar-refractivity contribution in [3.8, 4) is 0 Å². The Morgan fingerprint density at radius 3 is 2.94 bits per heavy atom. The van der Waals surface area contributed by atoms with E-state index in [2.05, 4.69) is 5.32 Å². The summed E-state index contributed by atoms with van der Waals surface area (Å²) in [6, 6.07) is 0. The minimum Gasteiger partial charge on any atom is -0.468 e. The van der Waals surface area contributed by atoms with Crippen LogP contribution in [0.1, 0.15) is 32.6 Å². The average Bonchev–Trinajstić information content (AvgIpc) is 2.43. The first-order chi connectivity index (χ1) is 8.57. The molecule has 3 atom stereocenters. The third-order valence-corrected chi connectivity index (χ3v) is 5.32. The number of carbonyl (C=O) groups excluding carboxylic acids is 1. The van der Waals surface area contributed by atoms with Gasteiger partial charge in [-0.1, -0.05) is 6.92 Å². The zero-order valence-corrected chi connectivity index (χ0v) is 12.4. The Bertz CT molecular complexity index is 275. The largest absolute Gasteiger partial charge is 0.468 e. The van der Waals surface area contributed by atoms with Crippen LogP contribution in [0.2, 0.25) is 0 Å². The van der Waals surface area contributed by atoms with Crippen molar-refractivity contribution in [2.75, 3.05) is 26.5 Å². The van der Waals surface area contributed by atoms with Crippen LogP contribution in [-0.2, 0) is 9.53 Å². The van der Waals surface area contributed by atoms with Gasteiger partial charge in [0.25, 0.3) is 0 Å². The fourth-order valence-electron chi connectivity index (χ4n) is 2.43. The van der Waals surface area contributed by atoms with Crippen LogP contribution >= 0.6 is 11.8 Å². The van der Waals surface area contributed by atoms with Gasteiger partial charge in [0.15, 0.2) is 0 Å². The zero-order valence-electron chi connectivity index (χ0n) is 11.6. The van der Waals surface area contributed by atoms with Gasteiger partial charge in [-0.25, -0.2) is 0 Å². The summed E-state index contributed by atoms with van der Waals surface area (Å²) in [4.78, 5) is 11.9. The van der Waals surface area contributed by atoms with E-state index in [1.54, 1.807) is 0 Å². The van der Waals surface area contributed by atoms with Crippen molar-refractivity contribution in [2.24, 2.45) is 5.92 Å². The second-order valence-electron chi connectivity index (χ2n) is 5.16. The fourth-order valence-corrected chi connectivity index (χ4v) is 3.87. The number of esters is 1. The molecule has 1 aliphatic carbocycles. The smallest absolute Gasteiger partial charge is 0.326 e. The quantitative estimate of drug-likeness (QED) is 0.718. The molecule has 3 unspecified atom stereocenters. The second kappa shape index (κ2) is 7.36. The minimum absolute atomic E-state index is 0.148. The van der Waals surface area contributed by atoms with Crippen molar-refractivity contribution >= 4 is 17.7 Å². The molecule has 0 aromatic rings. The second-order valence-corrected chi connectivity index (χ2v) is 6.50. The molecule has 0 bridgehead atoms. The molecule has 4 nitrogen and oxygen atoms in total. The highest BCUT2D eigenvalue weighted by Gasteiger charge is 2.42. The van der Waals surface area contributed by atoms with Crippen molar-refractivity contribution in [2.45, 2.75) is 43.4 Å². The van der Waals surface area contributed by atoms with E-state index >= 15 is 0 Å². The number of thioether (sulfide) groups is 1. The lowest BCUT2D eigenvalue weighted by molar-refractivity contribution is -0.149. The summed E-state index contributed by atoms with van der Waals surface area (Å²) >= 11 is 1.87. The molecule has 106 valence electrons. The molecule has 1 rings (SSSR count). The first kappa shape index (κ1) is 15.8. The van der Waals surface area contributed by atoms with Gasteiger partial charge < -0.3 is 15.2 Å². The summed E-state index contributed by atoms with van der Waals surface area (Å²) in [5.74, 6) is 1.12. The molecule has 1 fully saturated rings. The summed E-state index contributed by atoms with van der Waals surface area (Å²) < 4.78 is 4.93. The van der Waals surface area contributed by atoms with Crippen LogP contribution in [0.3, 0.4) is 0 Å². The highest BCUT2D eigenvalue weighted by molar-refractivity contribution is 7.99. The van der Waals surface area contributed by atoms with E-state index < -0.39 is 5.54 Å². The Hall–Kier alpha value is -0.260. The molecule has 0 spiro atoms. The molecule has 2 N–H and O–H groups in total. The molecule has 18 heavy (non-hydrogen) atoms. The van der Waals surface area contributed by atoms with E-state index in [0.29, 0.717) is 11.2 Å². The van der Waals surface area contributed by atoms with Gasteiger partial charge in [-0.15, -0.1) is 0 Å². The molecular formula is C13H25NO3S. The lowest BCUT2D eigenvalue weighted by Gasteiger charge is -2.38. The zero-order chi connectivity index (χ0) is 13.6.